The number of anilines is 1. The second kappa shape index (κ2) is 6.00. The fourth-order valence-corrected chi connectivity index (χ4v) is 3.37. The first kappa shape index (κ1) is 15.8. The van der Waals surface area contributed by atoms with Gasteiger partial charge in [0.2, 0.25) is 0 Å². The second-order valence-corrected chi connectivity index (χ2v) is 6.47. The van der Waals surface area contributed by atoms with Crippen molar-refractivity contribution >= 4 is 17.5 Å². The molecule has 1 aromatic carbocycles. The monoisotopic (exact) mass is 344 g/mol. The van der Waals surface area contributed by atoms with Gasteiger partial charge in [0.25, 0.3) is 11.8 Å². The molecule has 0 bridgehead atoms. The summed E-state index contributed by atoms with van der Waals surface area (Å²) in [6, 6.07) is 9.02. The molecule has 0 radical (unpaired) electrons. The van der Waals surface area contributed by atoms with Crippen LogP contribution in [0.25, 0.3) is 0 Å². The summed E-state index contributed by atoms with van der Waals surface area (Å²) in [6.07, 6.45) is 2.14. The number of benzene rings is 1. The van der Waals surface area contributed by atoms with Crippen molar-refractivity contribution in [3.63, 3.8) is 0 Å². The van der Waals surface area contributed by atoms with Crippen molar-refractivity contribution < 1.29 is 23.1 Å². The van der Waals surface area contributed by atoms with Crippen LogP contribution in [0.2, 0.25) is 0 Å². The van der Waals surface area contributed by atoms with Gasteiger partial charge in [-0.25, -0.2) is 4.39 Å². The third-order valence-electron chi connectivity index (χ3n) is 4.62. The van der Waals surface area contributed by atoms with Crippen molar-refractivity contribution in [2.24, 2.45) is 0 Å². The number of ether oxygens (including phenoxy) is 1. The zero-order valence-corrected chi connectivity index (χ0v) is 13.4. The normalized spacial score (nSPS) is 21.2. The molecule has 2 fully saturated rings. The van der Waals surface area contributed by atoms with Crippen molar-refractivity contribution in [1.29, 1.82) is 0 Å². The number of halogens is 1. The summed E-state index contributed by atoms with van der Waals surface area (Å²) in [4.78, 5) is 26.1. The van der Waals surface area contributed by atoms with Crippen LogP contribution < -0.4 is 5.32 Å². The number of hydrogen-bond acceptors (Lipinski definition) is 4. The van der Waals surface area contributed by atoms with Gasteiger partial charge in [-0.05, 0) is 43.2 Å². The number of hydrogen-bond donors (Lipinski definition) is 1. The molecule has 1 aromatic heterocycles. The number of likely N-dealkylation sites (tertiary alicyclic amines) is 1. The molecule has 0 unspecified atom stereocenters. The molecule has 1 atom stereocenters. The molecule has 1 N–H and O–H groups in total. The fourth-order valence-electron chi connectivity index (χ4n) is 3.37. The molecule has 2 saturated heterocycles. The molecule has 2 aliphatic heterocycles. The molecule has 2 aromatic rings. The van der Waals surface area contributed by atoms with E-state index in [0.717, 1.165) is 0 Å². The van der Waals surface area contributed by atoms with Gasteiger partial charge in [0.1, 0.15) is 17.5 Å². The standard InChI is InChI=1S/C18H17FN2O4/c19-12-3-1-4-13(9-12)20-16(22)14-6-7-18(25-14)10-21(11-18)17(23)15-5-2-8-24-15/h1-5,8-9,14H,6-7,10-11H2,(H,20,22)/t14-/m1/s1. The highest BCUT2D eigenvalue weighted by molar-refractivity contribution is 5.94. The van der Waals surface area contributed by atoms with Gasteiger partial charge in [-0.3, -0.25) is 9.59 Å². The largest absolute Gasteiger partial charge is 0.459 e. The van der Waals surface area contributed by atoms with Gasteiger partial charge in [-0.2, -0.15) is 0 Å². The first-order chi connectivity index (χ1) is 12.0. The molecule has 1 spiro atoms. The molecule has 7 heteroatoms. The van der Waals surface area contributed by atoms with Crippen LogP contribution in [-0.2, 0) is 9.53 Å². The van der Waals surface area contributed by atoms with E-state index in [1.54, 1.807) is 23.1 Å². The molecular weight excluding hydrogens is 327 g/mol. The van der Waals surface area contributed by atoms with Crippen LogP contribution in [-0.4, -0.2) is 41.5 Å². The quantitative estimate of drug-likeness (QED) is 0.928. The summed E-state index contributed by atoms with van der Waals surface area (Å²) >= 11 is 0. The van der Waals surface area contributed by atoms with E-state index in [-0.39, 0.29) is 11.8 Å². The van der Waals surface area contributed by atoms with E-state index in [1.165, 1.54) is 24.5 Å². The first-order valence-electron chi connectivity index (χ1n) is 8.12. The average molecular weight is 344 g/mol. The van der Waals surface area contributed by atoms with E-state index in [1.807, 2.05) is 0 Å². The number of rotatable bonds is 3. The van der Waals surface area contributed by atoms with Crippen LogP contribution in [0.15, 0.2) is 47.1 Å². The molecule has 4 rings (SSSR count). The Morgan fingerprint density at radius 3 is 2.80 bits per heavy atom. The summed E-state index contributed by atoms with van der Waals surface area (Å²) in [6.45, 7) is 0.882. The predicted octanol–water partition coefficient (Wildman–Crippen LogP) is 2.43. The van der Waals surface area contributed by atoms with E-state index < -0.39 is 17.5 Å². The van der Waals surface area contributed by atoms with Crippen LogP contribution in [0.4, 0.5) is 10.1 Å². The van der Waals surface area contributed by atoms with Gasteiger partial charge in [0.15, 0.2) is 5.76 Å². The number of carbonyl (C=O) groups is 2. The summed E-state index contributed by atoms with van der Waals surface area (Å²) < 4.78 is 24.2. The van der Waals surface area contributed by atoms with Gasteiger partial charge in [0.05, 0.1) is 19.4 Å². The first-order valence-corrected chi connectivity index (χ1v) is 8.12. The SMILES string of the molecule is O=C(Nc1cccc(F)c1)[C@H]1CCC2(CN(C(=O)c3ccco3)C2)O1. The number of carbonyl (C=O) groups excluding carboxylic acids is 2. The van der Waals surface area contributed by atoms with Gasteiger partial charge in [-0.15, -0.1) is 0 Å². The Labute approximate surface area is 143 Å². The van der Waals surface area contributed by atoms with Gasteiger partial charge in [0, 0.05) is 5.69 Å². The fraction of sp³-hybridized carbons (Fsp3) is 0.333. The maximum Gasteiger partial charge on any atom is 0.289 e. The van der Waals surface area contributed by atoms with Crippen molar-refractivity contribution in [3.05, 3.63) is 54.2 Å². The lowest BCUT2D eigenvalue weighted by Gasteiger charge is -2.46. The third kappa shape index (κ3) is 3.02. The lowest BCUT2D eigenvalue weighted by molar-refractivity contribution is -0.146. The Bertz CT molecular complexity index is 799. The van der Waals surface area contributed by atoms with Crippen molar-refractivity contribution in [3.8, 4) is 0 Å². The lowest BCUT2D eigenvalue weighted by Crippen LogP contribution is -2.63. The van der Waals surface area contributed by atoms with E-state index >= 15 is 0 Å². The second-order valence-electron chi connectivity index (χ2n) is 6.47. The zero-order valence-electron chi connectivity index (χ0n) is 13.4. The number of furan rings is 1. The highest BCUT2D eigenvalue weighted by atomic mass is 19.1. The summed E-state index contributed by atoms with van der Waals surface area (Å²) in [5.74, 6) is -0.578. The molecule has 0 saturated carbocycles. The Hall–Kier alpha value is -2.67. The summed E-state index contributed by atoms with van der Waals surface area (Å²) in [7, 11) is 0. The Morgan fingerprint density at radius 1 is 1.24 bits per heavy atom. The molecule has 2 amide bonds. The number of amides is 2. The predicted molar refractivity (Wildman–Crippen MR) is 86.5 cm³/mol. The van der Waals surface area contributed by atoms with E-state index in [4.69, 9.17) is 9.15 Å². The molecule has 130 valence electrons. The molecule has 25 heavy (non-hydrogen) atoms. The van der Waals surface area contributed by atoms with Crippen LogP contribution in [0, 0.1) is 5.82 Å². The Balaban J connectivity index is 1.33. The third-order valence-corrected chi connectivity index (χ3v) is 4.62. The number of nitrogens with one attached hydrogen (secondary N) is 1. The van der Waals surface area contributed by atoms with Crippen molar-refractivity contribution in [2.45, 2.75) is 24.5 Å². The van der Waals surface area contributed by atoms with E-state index in [2.05, 4.69) is 5.32 Å². The molecular formula is C18H17FN2O4. The molecule has 2 aliphatic rings. The smallest absolute Gasteiger partial charge is 0.289 e. The minimum atomic E-state index is -0.593. The molecule has 0 aliphatic carbocycles. The highest BCUT2D eigenvalue weighted by Crippen LogP contribution is 2.39. The Kier molecular flexibility index (Phi) is 3.80. The van der Waals surface area contributed by atoms with Crippen LogP contribution in [0.3, 0.4) is 0 Å². The van der Waals surface area contributed by atoms with Crippen LogP contribution in [0.1, 0.15) is 23.4 Å². The average Bonchev–Trinajstić information content (AvgIpc) is 3.23. The molecule has 3 heterocycles. The van der Waals surface area contributed by atoms with Crippen molar-refractivity contribution in [1.82, 2.24) is 4.90 Å². The van der Waals surface area contributed by atoms with Gasteiger partial charge < -0.3 is 19.4 Å². The minimum absolute atomic E-state index is 0.174. The van der Waals surface area contributed by atoms with Gasteiger partial charge >= 0.3 is 0 Å². The topological polar surface area (TPSA) is 71.8 Å². The van der Waals surface area contributed by atoms with Crippen molar-refractivity contribution in [2.75, 3.05) is 18.4 Å². The maximum atomic E-state index is 13.2. The van der Waals surface area contributed by atoms with E-state index in [9.17, 15) is 14.0 Å². The zero-order chi connectivity index (χ0) is 17.4. The lowest BCUT2D eigenvalue weighted by atomic mass is 9.90. The van der Waals surface area contributed by atoms with Crippen LogP contribution in [0.5, 0.6) is 0 Å². The molecule has 6 nitrogen and oxygen atoms in total. The van der Waals surface area contributed by atoms with E-state index in [0.29, 0.717) is 37.4 Å². The number of nitrogens with zero attached hydrogens (tertiary/aromatic N) is 1. The summed E-state index contributed by atoms with van der Waals surface area (Å²) in [5.41, 5.74) is -0.0653. The summed E-state index contributed by atoms with van der Waals surface area (Å²) in [5, 5.41) is 2.67. The Morgan fingerprint density at radius 2 is 2.08 bits per heavy atom. The minimum Gasteiger partial charge on any atom is -0.459 e. The highest BCUT2D eigenvalue weighted by Gasteiger charge is 2.52. The maximum absolute atomic E-state index is 13.2. The van der Waals surface area contributed by atoms with Gasteiger partial charge in [-0.1, -0.05) is 6.07 Å². The van der Waals surface area contributed by atoms with Crippen LogP contribution >= 0.6 is 0 Å².